The second kappa shape index (κ2) is 6.32. The molecule has 0 saturated carbocycles. The summed E-state index contributed by atoms with van der Waals surface area (Å²) in [5.74, 6) is 0.450. The van der Waals surface area contributed by atoms with Gasteiger partial charge in [-0.05, 0) is 26.0 Å². The summed E-state index contributed by atoms with van der Waals surface area (Å²) < 4.78 is 5.47. The molecule has 0 aromatic carbocycles. The summed E-state index contributed by atoms with van der Waals surface area (Å²) in [5, 5.41) is 3.34. The molecular weight excluding hydrogens is 266 g/mol. The number of pyridine rings is 1. The summed E-state index contributed by atoms with van der Waals surface area (Å²) in [6.07, 6.45) is 1.68. The number of rotatable bonds is 3. The van der Waals surface area contributed by atoms with E-state index in [0.29, 0.717) is 17.4 Å². The van der Waals surface area contributed by atoms with Crippen molar-refractivity contribution in [2.24, 2.45) is 0 Å². The molecule has 2 rings (SSSR count). The molecule has 5 nitrogen and oxygen atoms in total. The first-order valence-electron chi connectivity index (χ1n) is 6.34. The maximum atomic E-state index is 12.1. The number of halogens is 1. The Morgan fingerprint density at radius 1 is 1.63 bits per heavy atom. The van der Waals surface area contributed by atoms with Gasteiger partial charge in [0.2, 0.25) is 5.91 Å². The van der Waals surface area contributed by atoms with Crippen molar-refractivity contribution >= 4 is 23.3 Å². The Bertz CT molecular complexity index is 438. The zero-order valence-electron chi connectivity index (χ0n) is 11.1. The summed E-state index contributed by atoms with van der Waals surface area (Å²) in [5.41, 5.74) is 0. The van der Waals surface area contributed by atoms with Gasteiger partial charge in [0.25, 0.3) is 0 Å². The lowest BCUT2D eigenvalue weighted by Gasteiger charge is -2.34. The van der Waals surface area contributed by atoms with Gasteiger partial charge in [-0.2, -0.15) is 0 Å². The predicted octanol–water partition coefficient (Wildman–Crippen LogP) is 1.78. The minimum Gasteiger partial charge on any atom is -0.376 e. The summed E-state index contributed by atoms with van der Waals surface area (Å²) in [4.78, 5) is 18.3. The number of nitrogens with one attached hydrogen (secondary N) is 1. The lowest BCUT2D eigenvalue weighted by Crippen LogP contribution is -2.50. The van der Waals surface area contributed by atoms with E-state index >= 15 is 0 Å². The van der Waals surface area contributed by atoms with Crippen molar-refractivity contribution in [3.63, 3.8) is 0 Å². The van der Waals surface area contributed by atoms with Crippen LogP contribution >= 0.6 is 11.6 Å². The molecule has 0 radical (unpaired) electrons. The number of carbonyl (C=O) groups is 1. The SMILES string of the molecule is C[C@@H]1CN([C@@H](C)C(=O)Nc2ccc(Cl)cn2)CCO1. The fraction of sp³-hybridized carbons (Fsp3) is 0.538. The van der Waals surface area contributed by atoms with Crippen LogP contribution in [0.25, 0.3) is 0 Å². The third kappa shape index (κ3) is 3.89. The largest absolute Gasteiger partial charge is 0.376 e. The van der Waals surface area contributed by atoms with Gasteiger partial charge < -0.3 is 10.1 Å². The van der Waals surface area contributed by atoms with Crippen LogP contribution < -0.4 is 5.32 Å². The molecule has 0 aliphatic carbocycles. The van der Waals surface area contributed by atoms with Gasteiger partial charge in [-0.1, -0.05) is 11.6 Å². The first-order valence-corrected chi connectivity index (χ1v) is 6.72. The number of carbonyl (C=O) groups excluding carboxylic acids is 1. The highest BCUT2D eigenvalue weighted by Crippen LogP contribution is 2.12. The van der Waals surface area contributed by atoms with Gasteiger partial charge in [0.15, 0.2) is 0 Å². The molecule has 1 N–H and O–H groups in total. The number of hydrogen-bond donors (Lipinski definition) is 1. The monoisotopic (exact) mass is 283 g/mol. The van der Waals surface area contributed by atoms with Crippen LogP contribution in [0, 0.1) is 0 Å². The number of aromatic nitrogens is 1. The molecule has 1 aromatic heterocycles. The van der Waals surface area contributed by atoms with Crippen molar-refractivity contribution in [3.8, 4) is 0 Å². The standard InChI is InChI=1S/C13H18ClN3O2/c1-9-8-17(5-6-19-9)10(2)13(18)16-12-4-3-11(14)7-15-12/h3-4,7,9-10H,5-6,8H2,1-2H3,(H,15,16,18)/t9-,10+/m1/s1. The lowest BCUT2D eigenvalue weighted by molar-refractivity contribution is -0.123. The molecule has 0 bridgehead atoms. The van der Waals surface area contributed by atoms with Gasteiger partial charge in [0.05, 0.1) is 23.8 Å². The highest BCUT2D eigenvalue weighted by molar-refractivity contribution is 6.30. The minimum absolute atomic E-state index is 0.0658. The molecule has 1 amide bonds. The summed E-state index contributed by atoms with van der Waals surface area (Å²) in [6, 6.07) is 3.18. The second-order valence-corrected chi connectivity index (χ2v) is 5.14. The molecule has 2 heterocycles. The Balaban J connectivity index is 1.93. The van der Waals surface area contributed by atoms with Gasteiger partial charge >= 0.3 is 0 Å². The van der Waals surface area contributed by atoms with Crippen LogP contribution in [0.3, 0.4) is 0 Å². The fourth-order valence-corrected chi connectivity index (χ4v) is 2.16. The van der Waals surface area contributed by atoms with E-state index in [0.717, 1.165) is 13.1 Å². The van der Waals surface area contributed by atoms with E-state index in [2.05, 4.69) is 15.2 Å². The molecule has 1 saturated heterocycles. The van der Waals surface area contributed by atoms with E-state index in [1.165, 1.54) is 6.20 Å². The Kier molecular flexibility index (Phi) is 4.74. The van der Waals surface area contributed by atoms with Crippen molar-refractivity contribution in [2.45, 2.75) is 26.0 Å². The average Bonchev–Trinajstić information content (AvgIpc) is 2.40. The zero-order chi connectivity index (χ0) is 13.8. The molecule has 0 unspecified atom stereocenters. The maximum Gasteiger partial charge on any atom is 0.242 e. The first kappa shape index (κ1) is 14.2. The average molecular weight is 284 g/mol. The Hall–Kier alpha value is -1.17. The maximum absolute atomic E-state index is 12.1. The normalized spacial score (nSPS) is 21.9. The Morgan fingerprint density at radius 2 is 2.42 bits per heavy atom. The molecule has 0 spiro atoms. The van der Waals surface area contributed by atoms with Crippen molar-refractivity contribution < 1.29 is 9.53 Å². The minimum atomic E-state index is -0.205. The van der Waals surface area contributed by atoms with Gasteiger partial charge in [-0.3, -0.25) is 9.69 Å². The molecule has 1 aliphatic rings. The number of hydrogen-bond acceptors (Lipinski definition) is 4. The zero-order valence-corrected chi connectivity index (χ0v) is 11.9. The second-order valence-electron chi connectivity index (χ2n) is 4.70. The summed E-state index contributed by atoms with van der Waals surface area (Å²) >= 11 is 5.75. The van der Waals surface area contributed by atoms with E-state index in [-0.39, 0.29) is 18.1 Å². The van der Waals surface area contributed by atoms with E-state index in [9.17, 15) is 4.79 Å². The van der Waals surface area contributed by atoms with Crippen molar-refractivity contribution in [1.82, 2.24) is 9.88 Å². The van der Waals surface area contributed by atoms with E-state index < -0.39 is 0 Å². The highest BCUT2D eigenvalue weighted by Gasteiger charge is 2.26. The van der Waals surface area contributed by atoms with E-state index in [1.54, 1.807) is 12.1 Å². The number of morpholine rings is 1. The number of amides is 1. The number of anilines is 1. The van der Waals surface area contributed by atoms with Crippen LogP contribution in [0.1, 0.15) is 13.8 Å². The van der Waals surface area contributed by atoms with Crippen molar-refractivity contribution in [3.05, 3.63) is 23.4 Å². The molecule has 2 atom stereocenters. The van der Waals surface area contributed by atoms with E-state index in [1.807, 2.05) is 13.8 Å². The first-order chi connectivity index (χ1) is 9.06. The van der Waals surface area contributed by atoms with Crippen molar-refractivity contribution in [1.29, 1.82) is 0 Å². The number of ether oxygens (including phenoxy) is 1. The van der Waals surface area contributed by atoms with Gasteiger partial charge in [-0.15, -0.1) is 0 Å². The quantitative estimate of drug-likeness (QED) is 0.919. The molecule has 104 valence electrons. The molecule has 1 fully saturated rings. The molecular formula is C13H18ClN3O2. The van der Waals surface area contributed by atoms with Crippen LogP contribution in [0.5, 0.6) is 0 Å². The van der Waals surface area contributed by atoms with Gasteiger partial charge in [0.1, 0.15) is 5.82 Å². The molecule has 1 aromatic rings. The van der Waals surface area contributed by atoms with Crippen LogP contribution in [-0.2, 0) is 9.53 Å². The van der Waals surface area contributed by atoms with E-state index in [4.69, 9.17) is 16.3 Å². The Morgan fingerprint density at radius 3 is 3.05 bits per heavy atom. The van der Waals surface area contributed by atoms with Gasteiger partial charge in [-0.25, -0.2) is 4.98 Å². The topological polar surface area (TPSA) is 54.5 Å². The third-order valence-electron chi connectivity index (χ3n) is 3.18. The summed E-state index contributed by atoms with van der Waals surface area (Å²) in [6.45, 7) is 6.11. The van der Waals surface area contributed by atoms with Crippen LogP contribution in [0.15, 0.2) is 18.3 Å². The smallest absolute Gasteiger partial charge is 0.242 e. The lowest BCUT2D eigenvalue weighted by atomic mass is 10.2. The number of nitrogens with zero attached hydrogens (tertiary/aromatic N) is 2. The van der Waals surface area contributed by atoms with Crippen LogP contribution in [-0.4, -0.2) is 47.6 Å². The summed E-state index contributed by atoms with van der Waals surface area (Å²) in [7, 11) is 0. The van der Waals surface area contributed by atoms with Crippen LogP contribution in [0.4, 0.5) is 5.82 Å². The molecule has 6 heteroatoms. The Labute approximate surface area is 117 Å². The van der Waals surface area contributed by atoms with Crippen LogP contribution in [0.2, 0.25) is 5.02 Å². The van der Waals surface area contributed by atoms with Crippen molar-refractivity contribution in [2.75, 3.05) is 25.0 Å². The van der Waals surface area contributed by atoms with Gasteiger partial charge in [0, 0.05) is 19.3 Å². The highest BCUT2D eigenvalue weighted by atomic mass is 35.5. The third-order valence-corrected chi connectivity index (χ3v) is 3.40. The predicted molar refractivity (Wildman–Crippen MR) is 74.3 cm³/mol. The molecule has 1 aliphatic heterocycles. The molecule has 19 heavy (non-hydrogen) atoms. The fourth-order valence-electron chi connectivity index (χ4n) is 2.04.